The van der Waals surface area contributed by atoms with Gasteiger partial charge in [0.05, 0.1) is 5.69 Å². The number of thiophene rings is 1. The molecule has 11 rings (SSSR count). The second-order valence-corrected chi connectivity index (χ2v) is 14.6. The molecular weight excluding hydrogens is 649 g/mol. The molecular formula is C48H30BNOS. The van der Waals surface area contributed by atoms with Crippen molar-refractivity contribution >= 4 is 67.1 Å². The van der Waals surface area contributed by atoms with Gasteiger partial charge in [0.2, 0.25) is 0 Å². The van der Waals surface area contributed by atoms with Gasteiger partial charge in [0.25, 0.3) is 0 Å². The fourth-order valence-electron chi connectivity index (χ4n) is 8.36. The Labute approximate surface area is 306 Å². The van der Waals surface area contributed by atoms with E-state index in [-0.39, 0.29) is 6.92 Å². The monoisotopic (exact) mass is 679 g/mol. The zero-order valence-electron chi connectivity index (χ0n) is 28.2. The van der Waals surface area contributed by atoms with Gasteiger partial charge in [0.1, 0.15) is 5.75 Å². The van der Waals surface area contributed by atoms with E-state index in [2.05, 4.69) is 186 Å². The van der Waals surface area contributed by atoms with Crippen LogP contribution in [0.15, 0.2) is 181 Å². The van der Waals surface area contributed by atoms with Gasteiger partial charge in [-0.25, -0.2) is 0 Å². The molecule has 9 aromatic rings. The van der Waals surface area contributed by atoms with Gasteiger partial charge < -0.3 is 9.55 Å². The van der Waals surface area contributed by atoms with Crippen LogP contribution in [0.5, 0.6) is 5.75 Å². The van der Waals surface area contributed by atoms with Gasteiger partial charge in [-0.1, -0.05) is 127 Å². The summed E-state index contributed by atoms with van der Waals surface area (Å²) in [5.74, 6) is 0.920. The van der Waals surface area contributed by atoms with E-state index in [0.717, 1.165) is 22.7 Å². The fourth-order valence-corrected chi connectivity index (χ4v) is 9.19. The number of rotatable bonds is 4. The summed E-state index contributed by atoms with van der Waals surface area (Å²) in [5.41, 5.74) is 15.4. The van der Waals surface area contributed by atoms with E-state index < -0.39 is 0 Å². The Balaban J connectivity index is 1.25. The Bertz CT molecular complexity index is 2770. The molecule has 2 aliphatic heterocycles. The molecule has 0 N–H and O–H groups in total. The number of nitrogens with zero attached hydrogens (tertiary/aromatic N) is 1. The predicted molar refractivity (Wildman–Crippen MR) is 221 cm³/mol. The summed E-state index contributed by atoms with van der Waals surface area (Å²) >= 11 is 1.80. The van der Waals surface area contributed by atoms with Crippen LogP contribution in [0.2, 0.25) is 0 Å². The van der Waals surface area contributed by atoms with Crippen LogP contribution in [0.25, 0.3) is 65.4 Å². The molecule has 0 unspecified atom stereocenters. The van der Waals surface area contributed by atoms with Crippen molar-refractivity contribution in [2.75, 3.05) is 4.90 Å². The summed E-state index contributed by atoms with van der Waals surface area (Å²) < 4.78 is 8.50. The molecule has 0 aliphatic carbocycles. The Kier molecular flexibility index (Phi) is 6.55. The van der Waals surface area contributed by atoms with Crippen molar-refractivity contribution < 1.29 is 4.65 Å². The molecule has 8 aromatic carbocycles. The first kappa shape index (κ1) is 29.4. The second kappa shape index (κ2) is 11.6. The van der Waals surface area contributed by atoms with Crippen LogP contribution >= 0.6 is 11.3 Å². The minimum absolute atomic E-state index is 0.271. The Morgan fingerprint density at radius 3 is 1.83 bits per heavy atom. The lowest BCUT2D eigenvalue weighted by atomic mass is 9.48. The van der Waals surface area contributed by atoms with Crippen molar-refractivity contribution in [3.8, 4) is 50.3 Å². The highest BCUT2D eigenvalue weighted by Crippen LogP contribution is 2.49. The lowest BCUT2D eigenvalue weighted by molar-refractivity contribution is 0.590. The van der Waals surface area contributed by atoms with Crippen LogP contribution in [-0.4, -0.2) is 6.92 Å². The first-order valence-electron chi connectivity index (χ1n) is 17.8. The zero-order chi connectivity index (χ0) is 34.2. The number of hydrogen-bond acceptors (Lipinski definition) is 3. The van der Waals surface area contributed by atoms with Crippen LogP contribution in [0.4, 0.5) is 17.1 Å². The quantitative estimate of drug-likeness (QED) is 0.172. The molecule has 1 aromatic heterocycles. The highest BCUT2D eigenvalue weighted by Gasteiger charge is 2.44. The van der Waals surface area contributed by atoms with Gasteiger partial charge in [0, 0.05) is 37.9 Å². The van der Waals surface area contributed by atoms with E-state index in [1.165, 1.54) is 76.4 Å². The van der Waals surface area contributed by atoms with Crippen LogP contribution in [0, 0.1) is 0 Å². The smallest absolute Gasteiger partial charge is 0.432 e. The van der Waals surface area contributed by atoms with Crippen LogP contribution in [0.3, 0.4) is 0 Å². The molecule has 242 valence electrons. The van der Waals surface area contributed by atoms with Gasteiger partial charge in [-0.05, 0) is 104 Å². The molecule has 0 bridgehead atoms. The molecule has 0 radical (unpaired) electrons. The average Bonchev–Trinajstić information content (AvgIpc) is 3.70. The van der Waals surface area contributed by atoms with Crippen molar-refractivity contribution in [1.29, 1.82) is 0 Å². The van der Waals surface area contributed by atoms with Crippen molar-refractivity contribution in [3.63, 3.8) is 0 Å². The summed E-state index contributed by atoms with van der Waals surface area (Å²) in [6, 6.07) is 63.9. The largest absolute Gasteiger partial charge is 0.551 e. The highest BCUT2D eigenvalue weighted by atomic mass is 32.1. The fraction of sp³-hybridized carbons (Fsp3) is 0. The van der Waals surface area contributed by atoms with Crippen molar-refractivity contribution in [3.05, 3.63) is 181 Å². The number of anilines is 3. The van der Waals surface area contributed by atoms with E-state index in [1.54, 1.807) is 11.3 Å². The summed E-state index contributed by atoms with van der Waals surface area (Å²) in [4.78, 5) is 2.53. The lowest BCUT2D eigenvalue weighted by Gasteiger charge is -2.41. The molecule has 52 heavy (non-hydrogen) atoms. The number of benzene rings is 8. The maximum absolute atomic E-state index is 7.24. The molecule has 0 atom stereocenters. The third-order valence-corrected chi connectivity index (χ3v) is 11.6. The summed E-state index contributed by atoms with van der Waals surface area (Å²) in [6.07, 6.45) is 0. The summed E-state index contributed by atoms with van der Waals surface area (Å²) in [5, 5.41) is 5.89. The summed E-state index contributed by atoms with van der Waals surface area (Å²) in [7, 11) is 0. The topological polar surface area (TPSA) is 12.5 Å². The molecule has 0 spiro atoms. The van der Waals surface area contributed by atoms with Gasteiger partial charge >= 0.3 is 6.92 Å². The van der Waals surface area contributed by atoms with E-state index in [9.17, 15) is 0 Å². The Morgan fingerprint density at radius 1 is 0.462 bits per heavy atom. The highest BCUT2D eigenvalue weighted by molar-refractivity contribution is 7.17. The zero-order valence-corrected chi connectivity index (χ0v) is 29.0. The van der Waals surface area contributed by atoms with E-state index in [4.69, 9.17) is 4.65 Å². The molecule has 2 aliphatic rings. The molecule has 0 amide bonds. The van der Waals surface area contributed by atoms with Gasteiger partial charge in [0.15, 0.2) is 0 Å². The van der Waals surface area contributed by atoms with E-state index in [1.807, 2.05) is 0 Å². The minimum Gasteiger partial charge on any atom is -0.551 e. The normalized spacial score (nSPS) is 12.7. The molecule has 3 heterocycles. The lowest BCUT2D eigenvalue weighted by Crippen LogP contribution is -2.56. The Hall–Kier alpha value is -6.36. The minimum atomic E-state index is -0.271. The molecule has 4 heteroatoms. The average molecular weight is 680 g/mol. The van der Waals surface area contributed by atoms with Crippen molar-refractivity contribution in [1.82, 2.24) is 0 Å². The Morgan fingerprint density at radius 2 is 1.12 bits per heavy atom. The maximum atomic E-state index is 7.24. The first-order chi connectivity index (χ1) is 25.8. The number of hydrogen-bond donors (Lipinski definition) is 0. The third-order valence-electron chi connectivity index (χ3n) is 10.7. The van der Waals surface area contributed by atoms with E-state index >= 15 is 0 Å². The predicted octanol–water partition coefficient (Wildman–Crippen LogP) is 12.0. The van der Waals surface area contributed by atoms with Crippen LogP contribution in [-0.2, 0) is 0 Å². The third kappa shape index (κ3) is 4.51. The van der Waals surface area contributed by atoms with Gasteiger partial charge in [-0.2, -0.15) is 0 Å². The molecule has 0 saturated carbocycles. The second-order valence-electron chi connectivity index (χ2n) is 13.6. The van der Waals surface area contributed by atoms with Gasteiger partial charge in [-0.15, -0.1) is 11.3 Å². The van der Waals surface area contributed by atoms with E-state index in [0.29, 0.717) is 0 Å². The number of fused-ring (bicyclic) bond motifs is 8. The molecule has 2 nitrogen and oxygen atoms in total. The molecule has 0 fully saturated rings. The maximum Gasteiger partial charge on any atom is 0.432 e. The SMILES string of the molecule is c1ccc(-c2cc(-c3ccccc3)cc(N3c4ccc5ccccc5c4B4Oc5ccc(-c6ccccc6)cc5-c5cc6sccc6c3c54)c2)cc1. The summed E-state index contributed by atoms with van der Waals surface area (Å²) in [6.45, 7) is -0.271. The standard InChI is InChI=1S/C48H30BNOS/c1-4-12-31(13-5-1)35-21-23-44-41(29-35)42-30-45-40(24-25-52-45)48-47(42)49(51-44)46-39-19-11-10-18-34(39)20-22-43(46)50(48)38-27-36(32-14-6-2-7-15-32)26-37(28-38)33-16-8-3-9-17-33/h1-30H. The van der Waals surface area contributed by atoms with Crippen LogP contribution < -0.4 is 20.5 Å². The van der Waals surface area contributed by atoms with Crippen molar-refractivity contribution in [2.24, 2.45) is 0 Å². The molecule has 0 saturated heterocycles. The van der Waals surface area contributed by atoms with Gasteiger partial charge in [-0.3, -0.25) is 0 Å². The first-order valence-corrected chi connectivity index (χ1v) is 18.6. The van der Waals surface area contributed by atoms with Crippen LogP contribution in [0.1, 0.15) is 0 Å². The van der Waals surface area contributed by atoms with Crippen molar-refractivity contribution in [2.45, 2.75) is 0 Å².